The highest BCUT2D eigenvalue weighted by Gasteiger charge is 2.20. The van der Waals surface area contributed by atoms with Crippen molar-refractivity contribution in [2.45, 2.75) is 20.4 Å². The minimum absolute atomic E-state index is 0.0488. The zero-order valence-corrected chi connectivity index (χ0v) is 18.6. The third-order valence-corrected chi connectivity index (χ3v) is 4.98. The molecule has 0 saturated carbocycles. The van der Waals surface area contributed by atoms with Crippen molar-refractivity contribution in [3.8, 4) is 5.69 Å². The number of aromatic nitrogens is 3. The Morgan fingerprint density at radius 2 is 1.78 bits per heavy atom. The number of halogens is 1. The Labute approximate surface area is 184 Å². The third kappa shape index (κ3) is 5.17. The van der Waals surface area contributed by atoms with Gasteiger partial charge in [-0.1, -0.05) is 35.9 Å². The molecule has 3 aromatic rings. The van der Waals surface area contributed by atoms with Gasteiger partial charge in [-0.25, -0.2) is 9.18 Å². The first kappa shape index (κ1) is 23.1. The lowest BCUT2D eigenvalue weighted by Crippen LogP contribution is -2.46. The van der Waals surface area contributed by atoms with Gasteiger partial charge in [0, 0.05) is 19.2 Å². The zero-order chi connectivity index (χ0) is 23.4. The molecular weight excluding hydrogens is 413 g/mol. The molecular formula is C23H26FN5O3. The highest BCUT2D eigenvalue weighted by Crippen LogP contribution is 2.11. The molecule has 0 aliphatic rings. The van der Waals surface area contributed by atoms with Crippen molar-refractivity contribution in [3.05, 3.63) is 91.5 Å². The van der Waals surface area contributed by atoms with Gasteiger partial charge in [-0.05, 0) is 45.1 Å². The van der Waals surface area contributed by atoms with Crippen LogP contribution in [0, 0.1) is 19.7 Å². The lowest BCUT2D eigenvalue weighted by molar-refractivity contribution is 0.0941. The monoisotopic (exact) mass is 439 g/mol. The molecule has 32 heavy (non-hydrogen) atoms. The largest absolute Gasteiger partial charge is 0.352 e. The van der Waals surface area contributed by atoms with E-state index in [1.54, 1.807) is 19.1 Å². The van der Waals surface area contributed by atoms with E-state index < -0.39 is 28.7 Å². The molecule has 1 heterocycles. The highest BCUT2D eigenvalue weighted by molar-refractivity contribution is 5.91. The van der Waals surface area contributed by atoms with E-state index in [4.69, 9.17) is 0 Å². The number of amides is 1. The second-order valence-electron chi connectivity index (χ2n) is 7.91. The number of likely N-dealkylation sites (N-methyl/N-ethyl adjacent to an activating group) is 1. The third-order valence-electron chi connectivity index (χ3n) is 4.98. The molecule has 0 bridgehead atoms. The summed E-state index contributed by atoms with van der Waals surface area (Å²) in [5.74, 6) is -1.22. The average Bonchev–Trinajstić information content (AvgIpc) is 2.74. The molecule has 0 aliphatic heterocycles. The number of aryl methyl sites for hydroxylation is 2. The summed E-state index contributed by atoms with van der Waals surface area (Å²) in [5.41, 5.74) is 0.266. The zero-order valence-electron chi connectivity index (χ0n) is 18.6. The fourth-order valence-electron chi connectivity index (χ4n) is 3.03. The van der Waals surface area contributed by atoms with Crippen molar-refractivity contribution in [1.29, 1.82) is 0 Å². The molecule has 2 aromatic carbocycles. The fraction of sp³-hybridized carbons (Fsp3) is 0.304. The summed E-state index contributed by atoms with van der Waals surface area (Å²) in [5, 5.41) is 6.65. The quantitative estimate of drug-likeness (QED) is 0.603. The van der Waals surface area contributed by atoms with Crippen LogP contribution in [-0.2, 0) is 6.54 Å². The van der Waals surface area contributed by atoms with Crippen LogP contribution in [0.25, 0.3) is 5.69 Å². The van der Waals surface area contributed by atoms with Gasteiger partial charge in [0.1, 0.15) is 5.82 Å². The Kier molecular flexibility index (Phi) is 6.99. The van der Waals surface area contributed by atoms with Crippen LogP contribution in [0.5, 0.6) is 0 Å². The standard InChI is InChI=1S/C23H26FN5O3/c1-15-5-8-17(9-6-15)14-28-22(31)20(21(30)25-11-12-27(3)4)26-29(23(28)32)18-10-7-16(2)19(24)13-18/h5-10,13H,11-12,14H2,1-4H3,(H,25,30). The predicted molar refractivity (Wildman–Crippen MR) is 120 cm³/mol. The Balaban J connectivity index is 2.12. The molecule has 9 heteroatoms. The van der Waals surface area contributed by atoms with Crippen LogP contribution in [0.3, 0.4) is 0 Å². The number of nitrogens with zero attached hydrogens (tertiary/aromatic N) is 4. The molecule has 1 aromatic heterocycles. The number of nitrogens with one attached hydrogen (secondary N) is 1. The van der Waals surface area contributed by atoms with Crippen LogP contribution in [0.4, 0.5) is 4.39 Å². The van der Waals surface area contributed by atoms with Gasteiger partial charge in [0.25, 0.3) is 11.5 Å². The Bertz CT molecular complexity index is 1250. The van der Waals surface area contributed by atoms with Gasteiger partial charge in [-0.2, -0.15) is 9.78 Å². The predicted octanol–water partition coefficient (Wildman–Crippen LogP) is 1.49. The summed E-state index contributed by atoms with van der Waals surface area (Å²) in [7, 11) is 3.70. The van der Waals surface area contributed by atoms with Gasteiger partial charge < -0.3 is 10.2 Å². The smallest absolute Gasteiger partial charge is 0.349 e. The van der Waals surface area contributed by atoms with E-state index in [2.05, 4.69) is 10.4 Å². The maximum Gasteiger partial charge on any atom is 0.352 e. The summed E-state index contributed by atoms with van der Waals surface area (Å²) in [6.07, 6.45) is 0. The summed E-state index contributed by atoms with van der Waals surface area (Å²) >= 11 is 0. The molecule has 0 saturated heterocycles. The Hall–Kier alpha value is -3.59. The molecule has 0 spiro atoms. The van der Waals surface area contributed by atoms with Crippen molar-refractivity contribution in [3.63, 3.8) is 0 Å². The van der Waals surface area contributed by atoms with Gasteiger partial charge in [0.15, 0.2) is 0 Å². The summed E-state index contributed by atoms with van der Waals surface area (Å²) in [6.45, 7) is 4.33. The van der Waals surface area contributed by atoms with Crippen LogP contribution in [-0.4, -0.2) is 52.3 Å². The van der Waals surface area contributed by atoms with Crippen LogP contribution in [0.1, 0.15) is 27.2 Å². The van der Waals surface area contributed by atoms with Crippen LogP contribution < -0.4 is 16.6 Å². The molecule has 0 unspecified atom stereocenters. The minimum atomic E-state index is -0.804. The topological polar surface area (TPSA) is 89.2 Å². The van der Waals surface area contributed by atoms with Gasteiger partial charge in [-0.3, -0.25) is 14.2 Å². The molecule has 1 amide bonds. The first-order valence-corrected chi connectivity index (χ1v) is 10.2. The lowest BCUT2D eigenvalue weighted by atomic mass is 10.1. The normalized spacial score (nSPS) is 11.1. The van der Waals surface area contributed by atoms with Gasteiger partial charge >= 0.3 is 5.69 Å². The molecule has 0 fully saturated rings. The Morgan fingerprint density at radius 1 is 1.09 bits per heavy atom. The van der Waals surface area contributed by atoms with Gasteiger partial charge in [0.2, 0.25) is 5.69 Å². The van der Waals surface area contributed by atoms with E-state index in [0.29, 0.717) is 24.2 Å². The maximum atomic E-state index is 14.2. The lowest BCUT2D eigenvalue weighted by Gasteiger charge is -2.14. The number of hydrogen-bond acceptors (Lipinski definition) is 5. The first-order valence-electron chi connectivity index (χ1n) is 10.2. The van der Waals surface area contributed by atoms with E-state index in [9.17, 15) is 18.8 Å². The molecule has 8 nitrogen and oxygen atoms in total. The van der Waals surface area contributed by atoms with E-state index in [1.807, 2.05) is 38.1 Å². The second kappa shape index (κ2) is 9.69. The second-order valence-corrected chi connectivity index (χ2v) is 7.91. The van der Waals surface area contributed by atoms with Crippen molar-refractivity contribution in [2.24, 2.45) is 0 Å². The van der Waals surface area contributed by atoms with Crippen LogP contribution in [0.15, 0.2) is 52.1 Å². The number of carbonyl (C=O) groups excluding carboxylic acids is 1. The Morgan fingerprint density at radius 3 is 2.41 bits per heavy atom. The summed E-state index contributed by atoms with van der Waals surface area (Å²) in [6, 6.07) is 11.5. The van der Waals surface area contributed by atoms with Crippen molar-refractivity contribution < 1.29 is 9.18 Å². The molecule has 0 radical (unpaired) electrons. The number of carbonyl (C=O) groups is 1. The van der Waals surface area contributed by atoms with Gasteiger partial charge in [-0.15, -0.1) is 0 Å². The molecule has 0 atom stereocenters. The van der Waals surface area contributed by atoms with E-state index >= 15 is 0 Å². The average molecular weight is 439 g/mol. The summed E-state index contributed by atoms with van der Waals surface area (Å²) in [4.78, 5) is 40.8. The van der Waals surface area contributed by atoms with E-state index in [-0.39, 0.29) is 12.2 Å². The van der Waals surface area contributed by atoms with Crippen molar-refractivity contribution in [1.82, 2.24) is 24.6 Å². The number of hydrogen-bond donors (Lipinski definition) is 1. The van der Waals surface area contributed by atoms with Crippen molar-refractivity contribution in [2.75, 3.05) is 27.2 Å². The van der Waals surface area contributed by atoms with Crippen molar-refractivity contribution >= 4 is 5.91 Å². The summed E-state index contributed by atoms with van der Waals surface area (Å²) < 4.78 is 16.0. The van der Waals surface area contributed by atoms with E-state index in [0.717, 1.165) is 20.9 Å². The number of rotatable bonds is 7. The highest BCUT2D eigenvalue weighted by atomic mass is 19.1. The fourth-order valence-corrected chi connectivity index (χ4v) is 3.03. The molecule has 3 rings (SSSR count). The first-order chi connectivity index (χ1) is 15.2. The SMILES string of the molecule is Cc1ccc(Cn2c(=O)c(C(=O)NCCN(C)C)nn(-c3ccc(C)c(F)c3)c2=O)cc1. The van der Waals surface area contributed by atoms with E-state index in [1.165, 1.54) is 12.1 Å². The molecule has 168 valence electrons. The number of benzene rings is 2. The molecule has 1 N–H and O–H groups in total. The van der Waals surface area contributed by atoms with Crippen LogP contribution >= 0.6 is 0 Å². The molecule has 0 aliphatic carbocycles. The maximum absolute atomic E-state index is 14.2. The van der Waals surface area contributed by atoms with Gasteiger partial charge in [0.05, 0.1) is 12.2 Å². The van der Waals surface area contributed by atoms with Crippen LogP contribution in [0.2, 0.25) is 0 Å². The minimum Gasteiger partial charge on any atom is -0.349 e.